The molecule has 2 heterocycles. The van der Waals surface area contributed by atoms with E-state index in [1.54, 1.807) is 4.68 Å². The second-order valence-electron chi connectivity index (χ2n) is 6.91. The highest BCUT2D eigenvalue weighted by Gasteiger charge is 2.28. The Hall–Kier alpha value is -2.73. The summed E-state index contributed by atoms with van der Waals surface area (Å²) in [5.41, 5.74) is 5.82. The number of nitrogens with zero attached hydrogens (tertiary/aromatic N) is 2. The zero-order valence-electron chi connectivity index (χ0n) is 15.4. The van der Waals surface area contributed by atoms with E-state index in [-0.39, 0.29) is 12.3 Å². The molecule has 0 saturated carbocycles. The first-order valence-corrected chi connectivity index (χ1v) is 10.4. The van der Waals surface area contributed by atoms with E-state index in [1.165, 1.54) is 5.56 Å². The summed E-state index contributed by atoms with van der Waals surface area (Å²) in [6.45, 7) is 4.08. The van der Waals surface area contributed by atoms with Gasteiger partial charge in [-0.25, -0.2) is 4.68 Å². The summed E-state index contributed by atoms with van der Waals surface area (Å²) < 4.78 is 13.8. The Morgan fingerprint density at radius 1 is 1.15 bits per heavy atom. The molecular formula is C21H21N3O2S. The van der Waals surface area contributed by atoms with Gasteiger partial charge in [-0.3, -0.25) is 9.00 Å². The number of carbonyl (C=O) groups is 1. The van der Waals surface area contributed by atoms with Crippen LogP contribution in [0.15, 0.2) is 48.5 Å². The first kappa shape index (κ1) is 17.7. The fourth-order valence-corrected chi connectivity index (χ4v) is 4.70. The normalized spacial score (nSPS) is 15.6. The summed E-state index contributed by atoms with van der Waals surface area (Å²) in [6.07, 6.45) is 0.288. The third kappa shape index (κ3) is 3.57. The lowest BCUT2D eigenvalue weighted by molar-refractivity contribution is -0.115. The van der Waals surface area contributed by atoms with Gasteiger partial charge in [-0.1, -0.05) is 48.0 Å². The second kappa shape index (κ2) is 7.12. The van der Waals surface area contributed by atoms with Crippen molar-refractivity contribution in [1.29, 1.82) is 0 Å². The van der Waals surface area contributed by atoms with Gasteiger partial charge in [0.05, 0.1) is 29.3 Å². The topological polar surface area (TPSA) is 64.0 Å². The van der Waals surface area contributed by atoms with Crippen molar-refractivity contribution < 1.29 is 9.00 Å². The van der Waals surface area contributed by atoms with E-state index < -0.39 is 10.8 Å². The van der Waals surface area contributed by atoms with Crippen molar-refractivity contribution in [2.24, 2.45) is 0 Å². The first-order valence-electron chi connectivity index (χ1n) is 8.88. The van der Waals surface area contributed by atoms with Crippen LogP contribution >= 0.6 is 0 Å². The number of aromatic nitrogens is 2. The van der Waals surface area contributed by atoms with Gasteiger partial charge in [0, 0.05) is 16.4 Å². The zero-order chi connectivity index (χ0) is 19.0. The summed E-state index contributed by atoms with van der Waals surface area (Å²) in [5.74, 6) is 1.41. The van der Waals surface area contributed by atoms with Crippen LogP contribution < -0.4 is 5.32 Å². The van der Waals surface area contributed by atoms with Crippen molar-refractivity contribution >= 4 is 22.5 Å². The SMILES string of the molecule is Cc1ccc(-n2nc3c(c2NC(=O)Cc2ccccc2)CS(=O)C3)c(C)c1. The van der Waals surface area contributed by atoms with Crippen molar-refractivity contribution in [3.8, 4) is 5.69 Å². The molecule has 3 aromatic rings. The number of anilines is 1. The number of hydrogen-bond donors (Lipinski definition) is 1. The van der Waals surface area contributed by atoms with Crippen LogP contribution in [0.2, 0.25) is 0 Å². The number of carbonyl (C=O) groups excluding carboxylic acids is 1. The van der Waals surface area contributed by atoms with E-state index >= 15 is 0 Å². The second-order valence-corrected chi connectivity index (χ2v) is 8.37. The van der Waals surface area contributed by atoms with Gasteiger partial charge in [0.2, 0.25) is 5.91 Å². The Morgan fingerprint density at radius 3 is 2.67 bits per heavy atom. The predicted octanol–water partition coefficient (Wildman–Crippen LogP) is 3.43. The molecule has 138 valence electrons. The lowest BCUT2D eigenvalue weighted by atomic mass is 10.1. The minimum atomic E-state index is -0.952. The van der Waals surface area contributed by atoms with E-state index in [2.05, 4.69) is 16.5 Å². The van der Waals surface area contributed by atoms with Gasteiger partial charge >= 0.3 is 0 Å². The van der Waals surface area contributed by atoms with Crippen LogP contribution in [-0.4, -0.2) is 19.9 Å². The maximum absolute atomic E-state index is 12.7. The lowest BCUT2D eigenvalue weighted by Crippen LogP contribution is -2.18. The number of fused-ring (bicyclic) bond motifs is 1. The Labute approximate surface area is 160 Å². The molecule has 4 rings (SSSR count). The minimum Gasteiger partial charge on any atom is -0.310 e. The molecule has 1 aliphatic heterocycles. The monoisotopic (exact) mass is 379 g/mol. The fourth-order valence-electron chi connectivity index (χ4n) is 3.43. The summed E-state index contributed by atoms with van der Waals surface area (Å²) in [6, 6.07) is 15.8. The van der Waals surface area contributed by atoms with Gasteiger partial charge in [-0.15, -0.1) is 0 Å². The summed E-state index contributed by atoms with van der Waals surface area (Å²) in [5, 5.41) is 7.70. The third-order valence-corrected chi connectivity index (χ3v) is 5.92. The van der Waals surface area contributed by atoms with E-state index in [0.29, 0.717) is 17.3 Å². The van der Waals surface area contributed by atoms with E-state index in [1.807, 2.05) is 56.3 Å². The number of benzene rings is 2. The van der Waals surface area contributed by atoms with E-state index in [9.17, 15) is 9.00 Å². The molecule has 6 heteroatoms. The van der Waals surface area contributed by atoms with Crippen molar-refractivity contribution in [2.75, 3.05) is 5.32 Å². The first-order chi connectivity index (χ1) is 13.0. The fraction of sp³-hybridized carbons (Fsp3) is 0.238. The lowest BCUT2D eigenvalue weighted by Gasteiger charge is -2.13. The van der Waals surface area contributed by atoms with Crippen molar-refractivity contribution in [3.05, 3.63) is 76.5 Å². The average Bonchev–Trinajstić information content (AvgIpc) is 3.13. The molecule has 27 heavy (non-hydrogen) atoms. The van der Waals surface area contributed by atoms with Crippen molar-refractivity contribution in [1.82, 2.24) is 9.78 Å². The Balaban J connectivity index is 1.70. The van der Waals surface area contributed by atoms with Crippen LogP contribution in [0.4, 0.5) is 5.82 Å². The standard InChI is InChI=1S/C21H21N3O2S/c1-14-8-9-19(15(2)10-14)24-21(17-12-27(26)13-18(17)23-24)22-20(25)11-16-6-4-3-5-7-16/h3-10H,11-13H2,1-2H3,(H,22,25). The van der Waals surface area contributed by atoms with Gasteiger partial charge < -0.3 is 5.32 Å². The zero-order valence-corrected chi connectivity index (χ0v) is 16.2. The summed E-state index contributed by atoms with van der Waals surface area (Å²) in [4.78, 5) is 12.7. The molecule has 5 nitrogen and oxygen atoms in total. The molecule has 0 saturated heterocycles. The summed E-state index contributed by atoms with van der Waals surface area (Å²) in [7, 11) is -0.952. The molecule has 0 fully saturated rings. The van der Waals surface area contributed by atoms with Crippen molar-refractivity contribution in [3.63, 3.8) is 0 Å². The van der Waals surface area contributed by atoms with E-state index in [4.69, 9.17) is 0 Å². The van der Waals surface area contributed by atoms with Gasteiger partial charge in [0.1, 0.15) is 5.82 Å². The molecule has 1 amide bonds. The van der Waals surface area contributed by atoms with Crippen LogP contribution in [0.5, 0.6) is 0 Å². The third-order valence-electron chi connectivity index (χ3n) is 4.72. The van der Waals surface area contributed by atoms with E-state index in [0.717, 1.165) is 28.1 Å². The van der Waals surface area contributed by atoms with Crippen LogP contribution in [0.3, 0.4) is 0 Å². The average molecular weight is 379 g/mol. The molecule has 1 N–H and O–H groups in total. The molecule has 1 unspecified atom stereocenters. The molecular weight excluding hydrogens is 358 g/mol. The number of aryl methyl sites for hydroxylation is 2. The molecule has 2 aromatic carbocycles. The van der Waals surface area contributed by atoms with Gasteiger partial charge in [0.15, 0.2) is 0 Å². The highest BCUT2D eigenvalue weighted by Crippen LogP contribution is 2.32. The van der Waals surface area contributed by atoms with Crippen LogP contribution in [0.1, 0.15) is 27.9 Å². The van der Waals surface area contributed by atoms with Gasteiger partial charge in [-0.2, -0.15) is 5.10 Å². The smallest absolute Gasteiger partial charge is 0.229 e. The van der Waals surface area contributed by atoms with Crippen LogP contribution in [-0.2, 0) is 33.5 Å². The molecule has 1 aliphatic rings. The Morgan fingerprint density at radius 2 is 1.93 bits per heavy atom. The van der Waals surface area contributed by atoms with Crippen molar-refractivity contribution in [2.45, 2.75) is 31.8 Å². The molecule has 0 radical (unpaired) electrons. The Kier molecular flexibility index (Phi) is 4.66. The van der Waals surface area contributed by atoms with Crippen LogP contribution in [0.25, 0.3) is 5.69 Å². The molecule has 0 aliphatic carbocycles. The number of nitrogens with one attached hydrogen (secondary N) is 1. The largest absolute Gasteiger partial charge is 0.310 e. The quantitative estimate of drug-likeness (QED) is 0.755. The number of amides is 1. The number of rotatable bonds is 4. The maximum atomic E-state index is 12.7. The van der Waals surface area contributed by atoms with Gasteiger partial charge in [0.25, 0.3) is 0 Å². The number of hydrogen-bond acceptors (Lipinski definition) is 3. The van der Waals surface area contributed by atoms with Crippen LogP contribution in [0, 0.1) is 13.8 Å². The molecule has 0 bridgehead atoms. The maximum Gasteiger partial charge on any atom is 0.229 e. The molecule has 1 atom stereocenters. The Bertz CT molecular complexity index is 1040. The molecule has 1 aromatic heterocycles. The highest BCUT2D eigenvalue weighted by atomic mass is 32.2. The highest BCUT2D eigenvalue weighted by molar-refractivity contribution is 7.83. The summed E-state index contributed by atoms with van der Waals surface area (Å²) >= 11 is 0. The predicted molar refractivity (Wildman–Crippen MR) is 107 cm³/mol. The minimum absolute atomic E-state index is 0.104. The van der Waals surface area contributed by atoms with Gasteiger partial charge in [-0.05, 0) is 31.0 Å². The molecule has 0 spiro atoms.